The van der Waals surface area contributed by atoms with Gasteiger partial charge in [-0.1, -0.05) is 56.5 Å². The molecule has 0 atom stereocenters. The molecule has 2 heterocycles. The summed E-state index contributed by atoms with van der Waals surface area (Å²) in [6, 6.07) is 18.4. The lowest BCUT2D eigenvalue weighted by atomic mass is 9.94. The maximum Gasteiger partial charge on any atom is 0.380 e. The summed E-state index contributed by atoms with van der Waals surface area (Å²) >= 11 is 2.20. The van der Waals surface area contributed by atoms with Gasteiger partial charge in [-0.05, 0) is 78.9 Å². The first-order valence-corrected chi connectivity index (χ1v) is 15.4. The van der Waals surface area contributed by atoms with Crippen LogP contribution < -0.4 is 4.74 Å². The van der Waals surface area contributed by atoms with E-state index in [4.69, 9.17) is 4.74 Å². The molecule has 0 N–H and O–H groups in total. The third kappa shape index (κ3) is 5.19. The molecule has 0 saturated carbocycles. The van der Waals surface area contributed by atoms with E-state index < -0.39 is 28.9 Å². The lowest BCUT2D eigenvalue weighted by Crippen LogP contribution is -2.48. The standard InChI is InChI=1S/C33H30F6OS2/c1-4-5-6-10-17-40-24-15-13-23(14-16-24)28-19-26(21(3)42-28)30-29(31(34,35)33(38,39)32(30,36)37)25-18-27(41-20(25)2)22-11-8-7-9-12-22/h7-9,11-16,18-19H,4-6,10,17H2,1-3H3. The first kappa shape index (κ1) is 30.4. The van der Waals surface area contributed by atoms with Crippen molar-refractivity contribution in [2.45, 2.75) is 64.2 Å². The summed E-state index contributed by atoms with van der Waals surface area (Å²) in [7, 11) is 0. The maximum atomic E-state index is 15.5. The molecule has 1 aliphatic rings. The molecule has 0 spiro atoms. The van der Waals surface area contributed by atoms with Crippen LogP contribution in [0, 0.1) is 13.8 Å². The van der Waals surface area contributed by atoms with Crippen molar-refractivity contribution < 1.29 is 31.1 Å². The highest BCUT2D eigenvalue weighted by Gasteiger charge is 2.80. The number of ether oxygens (including phenoxy) is 1. The number of halogens is 6. The van der Waals surface area contributed by atoms with E-state index in [0.29, 0.717) is 33.2 Å². The number of unbranched alkanes of at least 4 members (excludes halogenated alkanes) is 3. The third-order valence-electron chi connectivity index (χ3n) is 7.50. The fourth-order valence-electron chi connectivity index (χ4n) is 5.21. The van der Waals surface area contributed by atoms with Crippen LogP contribution in [-0.2, 0) is 0 Å². The number of allylic oxidation sites excluding steroid dienone is 2. The number of hydrogen-bond donors (Lipinski definition) is 0. The number of rotatable bonds is 10. The van der Waals surface area contributed by atoms with Gasteiger partial charge in [0, 0.05) is 30.7 Å². The van der Waals surface area contributed by atoms with E-state index in [9.17, 15) is 8.78 Å². The van der Waals surface area contributed by atoms with Gasteiger partial charge in [-0.3, -0.25) is 0 Å². The molecule has 5 rings (SSSR count). The molecule has 2 aromatic carbocycles. The molecule has 0 aliphatic heterocycles. The second kappa shape index (κ2) is 11.6. The number of hydrogen-bond acceptors (Lipinski definition) is 3. The van der Waals surface area contributed by atoms with Gasteiger partial charge in [0.1, 0.15) is 5.75 Å². The minimum Gasteiger partial charge on any atom is -0.494 e. The maximum absolute atomic E-state index is 15.5. The van der Waals surface area contributed by atoms with E-state index in [1.54, 1.807) is 54.6 Å². The zero-order valence-corrected chi connectivity index (χ0v) is 25.0. The molecule has 1 aliphatic carbocycles. The van der Waals surface area contributed by atoms with Crippen LogP contribution >= 0.6 is 22.7 Å². The smallest absolute Gasteiger partial charge is 0.380 e. The third-order valence-corrected chi connectivity index (χ3v) is 9.70. The molecule has 222 valence electrons. The first-order chi connectivity index (χ1) is 19.9. The first-order valence-electron chi connectivity index (χ1n) is 13.8. The highest BCUT2D eigenvalue weighted by molar-refractivity contribution is 7.16. The Morgan fingerprint density at radius 1 is 0.643 bits per heavy atom. The largest absolute Gasteiger partial charge is 0.494 e. The Labute approximate surface area is 249 Å². The van der Waals surface area contributed by atoms with E-state index in [1.165, 1.54) is 26.0 Å². The predicted molar refractivity (Wildman–Crippen MR) is 160 cm³/mol. The zero-order chi connectivity index (χ0) is 30.3. The summed E-state index contributed by atoms with van der Waals surface area (Å²) in [6.07, 6.45) is 4.26. The van der Waals surface area contributed by atoms with Gasteiger partial charge in [0.15, 0.2) is 0 Å². The quantitative estimate of drug-likeness (QED) is 0.127. The molecule has 0 amide bonds. The molecular formula is C33H30F6OS2. The molecule has 42 heavy (non-hydrogen) atoms. The van der Waals surface area contributed by atoms with Gasteiger partial charge in [-0.2, -0.15) is 26.3 Å². The van der Waals surface area contributed by atoms with Crippen LogP contribution in [0.1, 0.15) is 53.5 Å². The predicted octanol–water partition coefficient (Wildman–Crippen LogP) is 11.5. The van der Waals surface area contributed by atoms with Crippen LogP contribution in [0.3, 0.4) is 0 Å². The fraction of sp³-hybridized carbons (Fsp3) is 0.333. The molecular weight excluding hydrogens is 590 g/mol. The topological polar surface area (TPSA) is 9.23 Å². The Bertz CT molecular complexity index is 1580. The molecule has 4 aromatic rings. The average molecular weight is 621 g/mol. The second-order valence-electron chi connectivity index (χ2n) is 10.4. The van der Waals surface area contributed by atoms with Crippen molar-refractivity contribution in [3.05, 3.63) is 87.6 Å². The van der Waals surface area contributed by atoms with Gasteiger partial charge in [0.25, 0.3) is 0 Å². The van der Waals surface area contributed by atoms with E-state index >= 15 is 17.6 Å². The number of alkyl halides is 6. The minimum atomic E-state index is -5.60. The fourth-order valence-corrected chi connectivity index (χ4v) is 7.28. The summed E-state index contributed by atoms with van der Waals surface area (Å²) in [6.45, 7) is 5.68. The van der Waals surface area contributed by atoms with Gasteiger partial charge in [0.2, 0.25) is 0 Å². The van der Waals surface area contributed by atoms with E-state index in [2.05, 4.69) is 6.92 Å². The van der Waals surface area contributed by atoms with Crippen molar-refractivity contribution in [1.82, 2.24) is 0 Å². The molecule has 1 nitrogen and oxygen atoms in total. The Morgan fingerprint density at radius 3 is 1.64 bits per heavy atom. The van der Waals surface area contributed by atoms with Gasteiger partial charge >= 0.3 is 17.8 Å². The van der Waals surface area contributed by atoms with Crippen LogP contribution in [0.25, 0.3) is 32.0 Å². The molecule has 0 saturated heterocycles. The van der Waals surface area contributed by atoms with E-state index in [-0.39, 0.29) is 20.9 Å². The van der Waals surface area contributed by atoms with Crippen molar-refractivity contribution in [1.29, 1.82) is 0 Å². The normalized spacial score (nSPS) is 17.2. The van der Waals surface area contributed by atoms with Crippen molar-refractivity contribution in [3.8, 4) is 26.6 Å². The molecule has 0 unspecified atom stereocenters. The highest BCUT2D eigenvalue weighted by atomic mass is 32.1. The molecule has 9 heteroatoms. The monoisotopic (exact) mass is 620 g/mol. The lowest BCUT2D eigenvalue weighted by Gasteiger charge is -2.25. The Morgan fingerprint density at radius 2 is 1.14 bits per heavy atom. The summed E-state index contributed by atoms with van der Waals surface area (Å²) < 4.78 is 97.7. The van der Waals surface area contributed by atoms with Gasteiger partial charge < -0.3 is 4.74 Å². The number of benzene rings is 2. The Kier molecular flexibility index (Phi) is 8.38. The summed E-state index contributed by atoms with van der Waals surface area (Å²) in [5, 5.41) is 0. The Balaban J connectivity index is 1.56. The lowest BCUT2D eigenvalue weighted by molar-refractivity contribution is -0.254. The van der Waals surface area contributed by atoms with Crippen LogP contribution in [-0.4, -0.2) is 24.4 Å². The summed E-state index contributed by atoms with van der Waals surface area (Å²) in [5.41, 5.74) is -1.88. The molecule has 0 bridgehead atoms. The molecule has 0 fully saturated rings. The summed E-state index contributed by atoms with van der Waals surface area (Å²) in [4.78, 5) is 1.54. The van der Waals surface area contributed by atoms with Crippen LogP contribution in [0.4, 0.5) is 26.3 Å². The summed E-state index contributed by atoms with van der Waals surface area (Å²) in [5.74, 6) is -15.1. The highest BCUT2D eigenvalue weighted by Crippen LogP contribution is 2.66. The zero-order valence-electron chi connectivity index (χ0n) is 23.4. The van der Waals surface area contributed by atoms with Gasteiger partial charge in [-0.25, -0.2) is 0 Å². The number of aryl methyl sites for hydroxylation is 2. The van der Waals surface area contributed by atoms with Gasteiger partial charge in [0.05, 0.1) is 6.61 Å². The van der Waals surface area contributed by atoms with Crippen molar-refractivity contribution >= 4 is 33.8 Å². The van der Waals surface area contributed by atoms with Crippen molar-refractivity contribution in [3.63, 3.8) is 0 Å². The molecule has 0 radical (unpaired) electrons. The Hall–Kier alpha value is -3.04. The average Bonchev–Trinajstić information content (AvgIpc) is 3.56. The van der Waals surface area contributed by atoms with E-state index in [0.717, 1.165) is 48.4 Å². The van der Waals surface area contributed by atoms with Gasteiger partial charge in [-0.15, -0.1) is 22.7 Å². The van der Waals surface area contributed by atoms with Crippen LogP contribution in [0.2, 0.25) is 0 Å². The minimum absolute atomic E-state index is 0.248. The van der Waals surface area contributed by atoms with E-state index in [1.807, 2.05) is 0 Å². The van der Waals surface area contributed by atoms with Crippen molar-refractivity contribution in [2.24, 2.45) is 0 Å². The van der Waals surface area contributed by atoms with Crippen LogP contribution in [0.15, 0.2) is 66.7 Å². The number of thiophene rings is 2. The SMILES string of the molecule is CCCCCCOc1ccc(-c2cc(C3=C(c4cc(-c5ccccc5)sc4C)C(F)(F)C(F)(F)C3(F)F)c(C)s2)cc1. The van der Waals surface area contributed by atoms with Crippen LogP contribution in [0.5, 0.6) is 5.75 Å². The van der Waals surface area contributed by atoms with Crippen molar-refractivity contribution in [2.75, 3.05) is 6.61 Å². The second-order valence-corrected chi connectivity index (χ2v) is 12.9. The molecule has 2 aromatic heterocycles.